The van der Waals surface area contributed by atoms with E-state index in [-0.39, 0.29) is 37.3 Å². The van der Waals surface area contributed by atoms with Crippen LogP contribution in [0, 0.1) is 5.82 Å². The summed E-state index contributed by atoms with van der Waals surface area (Å²) in [4.78, 5) is 36.7. The Morgan fingerprint density at radius 1 is 1.17 bits per heavy atom. The van der Waals surface area contributed by atoms with E-state index in [1.807, 2.05) is 6.07 Å². The molecule has 0 aliphatic heterocycles. The molecular formula is C29H34FN3O8S. The number of nitrogens with one attached hydrogen (secondary N) is 2. The highest BCUT2D eigenvalue weighted by Gasteiger charge is 2.30. The lowest BCUT2D eigenvalue weighted by atomic mass is 9.97. The van der Waals surface area contributed by atoms with Crippen molar-refractivity contribution in [2.24, 2.45) is 0 Å². The van der Waals surface area contributed by atoms with E-state index < -0.39 is 41.3 Å². The van der Waals surface area contributed by atoms with Crippen LogP contribution in [-0.2, 0) is 32.1 Å². The van der Waals surface area contributed by atoms with Gasteiger partial charge in [-0.05, 0) is 87.1 Å². The fraction of sp³-hybridized carbons (Fsp3) is 0.414. The van der Waals surface area contributed by atoms with Crippen LogP contribution in [0.4, 0.5) is 9.18 Å². The van der Waals surface area contributed by atoms with Crippen LogP contribution in [0.1, 0.15) is 61.0 Å². The number of ether oxygens (including phenoxy) is 2. The van der Waals surface area contributed by atoms with Crippen LogP contribution in [0.15, 0.2) is 40.8 Å². The minimum Gasteiger partial charge on any atom is -0.463 e. The van der Waals surface area contributed by atoms with E-state index in [4.69, 9.17) is 13.9 Å². The van der Waals surface area contributed by atoms with Crippen LogP contribution >= 0.6 is 0 Å². The monoisotopic (exact) mass is 603 g/mol. The number of rotatable bonds is 11. The number of halogens is 1. The molecule has 1 saturated carbocycles. The van der Waals surface area contributed by atoms with E-state index in [1.54, 1.807) is 26.8 Å². The molecular weight excluding hydrogens is 569 g/mol. The van der Waals surface area contributed by atoms with Crippen molar-refractivity contribution < 1.29 is 41.4 Å². The molecule has 1 fully saturated rings. The quantitative estimate of drug-likeness (QED) is 0.215. The molecule has 1 aromatic heterocycles. The molecule has 0 bridgehead atoms. The molecule has 0 saturated heterocycles. The third-order valence-corrected chi connectivity index (χ3v) is 7.23. The van der Waals surface area contributed by atoms with Gasteiger partial charge in [0.05, 0.1) is 5.56 Å². The topological polar surface area (TPSA) is 147 Å². The lowest BCUT2D eigenvalue weighted by Crippen LogP contribution is -2.37. The molecule has 1 heterocycles. The van der Waals surface area contributed by atoms with Crippen molar-refractivity contribution >= 4 is 40.2 Å². The lowest BCUT2D eigenvalue weighted by molar-refractivity contribution is -0.142. The van der Waals surface area contributed by atoms with Gasteiger partial charge in [-0.1, -0.05) is 0 Å². The molecule has 1 aliphatic rings. The van der Waals surface area contributed by atoms with Crippen molar-refractivity contribution in [2.45, 2.75) is 51.7 Å². The Morgan fingerprint density at radius 3 is 2.45 bits per heavy atom. The fourth-order valence-electron chi connectivity index (χ4n) is 4.44. The van der Waals surface area contributed by atoms with Gasteiger partial charge >= 0.3 is 12.1 Å². The summed E-state index contributed by atoms with van der Waals surface area (Å²) in [5.74, 6) is -0.995. The van der Waals surface area contributed by atoms with Crippen molar-refractivity contribution in [1.29, 1.82) is 0 Å². The van der Waals surface area contributed by atoms with Crippen LogP contribution in [0.2, 0.25) is 0 Å². The van der Waals surface area contributed by atoms with E-state index in [1.165, 1.54) is 35.6 Å². The summed E-state index contributed by atoms with van der Waals surface area (Å²) in [6.07, 6.45) is 1.10. The minimum atomic E-state index is -2.39. The number of benzene rings is 2. The summed E-state index contributed by atoms with van der Waals surface area (Å²) in [5.41, 5.74) is 2.19. The van der Waals surface area contributed by atoms with Gasteiger partial charge in [0, 0.05) is 31.1 Å². The first kappa shape index (κ1) is 31.1. The predicted octanol–water partition coefficient (Wildman–Crippen LogP) is 4.48. The van der Waals surface area contributed by atoms with Crippen LogP contribution in [0.25, 0.3) is 22.3 Å². The number of carbonyl (C=O) groups is 3. The molecule has 0 radical (unpaired) electrons. The van der Waals surface area contributed by atoms with E-state index in [0.717, 1.165) is 24.0 Å². The van der Waals surface area contributed by atoms with Crippen molar-refractivity contribution in [3.63, 3.8) is 0 Å². The number of hydrogen-bond acceptors (Lipinski definition) is 7. The number of nitrogens with zero attached hydrogens (tertiary/aromatic N) is 1. The molecule has 226 valence electrons. The van der Waals surface area contributed by atoms with Gasteiger partial charge in [-0.3, -0.25) is 14.1 Å². The summed E-state index contributed by atoms with van der Waals surface area (Å²) in [6, 6.07) is 9.26. The number of fused-ring (bicyclic) bond motifs is 1. The number of furan rings is 1. The normalized spacial score (nSPS) is 14.1. The van der Waals surface area contributed by atoms with Crippen molar-refractivity contribution in [2.75, 3.05) is 26.7 Å². The summed E-state index contributed by atoms with van der Waals surface area (Å²) in [5, 5.41) is 5.52. The minimum absolute atomic E-state index is 0.0421. The third kappa shape index (κ3) is 7.93. The van der Waals surface area contributed by atoms with Crippen LogP contribution in [0.3, 0.4) is 0 Å². The zero-order chi connectivity index (χ0) is 30.6. The Kier molecular flexibility index (Phi) is 9.64. The van der Waals surface area contributed by atoms with Gasteiger partial charge in [0.2, 0.25) is 11.3 Å². The summed E-state index contributed by atoms with van der Waals surface area (Å²) in [6.45, 7) is 4.45. The Hall–Kier alpha value is -3.81. The highest BCUT2D eigenvalue weighted by molar-refractivity contribution is 7.76. The number of carbonyl (C=O) groups excluding carboxylic acids is 3. The molecule has 1 unspecified atom stereocenters. The van der Waals surface area contributed by atoms with Gasteiger partial charge in [-0.2, -0.15) is 4.31 Å². The maximum Gasteiger partial charge on any atom is 0.408 e. The van der Waals surface area contributed by atoms with Gasteiger partial charge in [-0.15, -0.1) is 0 Å². The van der Waals surface area contributed by atoms with E-state index >= 15 is 0 Å². The second-order valence-corrected chi connectivity index (χ2v) is 11.9. The van der Waals surface area contributed by atoms with Gasteiger partial charge in [0.1, 0.15) is 35.9 Å². The standard InChI is InChI=1S/C29H34FN3O8S/c1-29(2,3)41-28(36)32-15-24(34)39-12-11-33(42(37)38)16-19-13-23-22(14-21(19)17-5-6-17)25(27(35)31-4)26(40-23)18-7-9-20(30)10-8-18/h7-10,13-14,17H,5-6,11-12,15-16H2,1-4H3,(H,31,35)(H,32,36)(H,37,38). The largest absolute Gasteiger partial charge is 0.463 e. The Balaban J connectivity index is 1.52. The average Bonchev–Trinajstić information content (AvgIpc) is 3.70. The zero-order valence-electron chi connectivity index (χ0n) is 23.8. The predicted molar refractivity (Wildman–Crippen MR) is 153 cm³/mol. The van der Waals surface area contributed by atoms with Crippen molar-refractivity contribution in [3.8, 4) is 11.3 Å². The average molecular weight is 604 g/mol. The first-order valence-electron chi connectivity index (χ1n) is 13.4. The second kappa shape index (κ2) is 13.0. The smallest absolute Gasteiger partial charge is 0.408 e. The lowest BCUT2D eigenvalue weighted by Gasteiger charge is -2.20. The van der Waals surface area contributed by atoms with E-state index in [2.05, 4.69) is 10.6 Å². The number of hydrogen-bond donors (Lipinski definition) is 3. The third-order valence-electron chi connectivity index (χ3n) is 6.47. The van der Waals surface area contributed by atoms with Gasteiger partial charge < -0.3 is 24.5 Å². The van der Waals surface area contributed by atoms with Gasteiger partial charge in [0.25, 0.3) is 5.91 Å². The Morgan fingerprint density at radius 2 is 1.86 bits per heavy atom. The van der Waals surface area contributed by atoms with Crippen LogP contribution in [0.5, 0.6) is 0 Å². The number of esters is 1. The molecule has 1 aliphatic carbocycles. The van der Waals surface area contributed by atoms with Crippen molar-refractivity contribution in [3.05, 3.63) is 58.9 Å². The zero-order valence-corrected chi connectivity index (χ0v) is 24.6. The first-order valence-corrected chi connectivity index (χ1v) is 14.5. The highest BCUT2D eigenvalue weighted by Crippen LogP contribution is 2.45. The van der Waals surface area contributed by atoms with Crippen LogP contribution < -0.4 is 10.6 Å². The molecule has 42 heavy (non-hydrogen) atoms. The van der Waals surface area contributed by atoms with Gasteiger partial charge in [-0.25, -0.2) is 13.4 Å². The van der Waals surface area contributed by atoms with E-state index in [9.17, 15) is 27.5 Å². The fourth-order valence-corrected chi connectivity index (χ4v) is 4.92. The molecule has 3 N–H and O–H groups in total. The van der Waals surface area contributed by atoms with Crippen LogP contribution in [-0.4, -0.2) is 63.4 Å². The molecule has 1 atom stereocenters. The highest BCUT2D eigenvalue weighted by atomic mass is 32.2. The summed E-state index contributed by atoms with van der Waals surface area (Å²) >= 11 is -2.39. The molecule has 3 aromatic rings. The molecule has 2 amide bonds. The maximum atomic E-state index is 13.6. The number of alkyl carbamates (subject to hydrolysis) is 1. The molecule has 13 heteroatoms. The Bertz CT molecular complexity index is 1500. The molecule has 4 rings (SSSR count). The SMILES string of the molecule is CNC(=O)c1c(-c2ccc(F)cc2)oc2cc(CN(CCOC(=O)CNC(=O)OC(C)(C)C)S(=O)O)c(C3CC3)cc12. The molecule has 11 nitrogen and oxygen atoms in total. The number of amides is 2. The molecule has 2 aromatic carbocycles. The Labute approximate surface area is 245 Å². The first-order chi connectivity index (χ1) is 19.9. The second-order valence-electron chi connectivity index (χ2n) is 10.9. The maximum absolute atomic E-state index is 13.6. The van der Waals surface area contributed by atoms with E-state index in [0.29, 0.717) is 22.1 Å². The summed E-state index contributed by atoms with van der Waals surface area (Å²) in [7, 11) is 1.51. The van der Waals surface area contributed by atoms with Gasteiger partial charge in [0.15, 0.2) is 0 Å². The van der Waals surface area contributed by atoms with Crippen molar-refractivity contribution in [1.82, 2.24) is 14.9 Å². The summed E-state index contributed by atoms with van der Waals surface area (Å²) < 4.78 is 53.3. The molecule has 0 spiro atoms.